The number of hydrogen-bond acceptors (Lipinski definition) is 7. The van der Waals surface area contributed by atoms with Gasteiger partial charge in [-0.2, -0.15) is 5.10 Å². The van der Waals surface area contributed by atoms with Crippen molar-refractivity contribution >= 4 is 5.71 Å². The normalized spacial score (nSPS) is 15.5. The molecule has 0 N–H and O–H groups in total. The van der Waals surface area contributed by atoms with Gasteiger partial charge in [-0.1, -0.05) is 106 Å². The fraction of sp³-hybridized carbons (Fsp3) is 0.590. The molecule has 9 heteroatoms. The second-order valence-electron chi connectivity index (χ2n) is 15.0. The molecule has 2 heterocycles. The summed E-state index contributed by atoms with van der Waals surface area (Å²) in [6, 6.07) is 14.0. The molecular weight excluding hydrogens is 767 g/mol. The number of hydrogen-bond donors (Lipinski definition) is 0. The zero-order valence-corrected chi connectivity index (χ0v) is 35.0. The van der Waals surface area contributed by atoms with Gasteiger partial charge in [-0.25, -0.2) is 4.68 Å². The number of nitrogens with zero attached hydrogens (tertiary/aromatic N) is 4. The number of aromatic nitrogens is 2. The Hall–Kier alpha value is -2.33. The van der Waals surface area contributed by atoms with Gasteiger partial charge in [0.15, 0.2) is 0 Å². The molecule has 1 fully saturated rings. The van der Waals surface area contributed by atoms with Crippen LogP contribution in [-0.2, 0) is 43.2 Å². The van der Waals surface area contributed by atoms with Gasteiger partial charge in [-0.3, -0.25) is 9.89 Å². The summed E-state index contributed by atoms with van der Waals surface area (Å²) in [7, 11) is 0. The molecule has 48 heavy (non-hydrogen) atoms. The summed E-state index contributed by atoms with van der Waals surface area (Å²) in [5.74, 6) is 0.0473. The molecule has 1 atom stereocenters. The van der Waals surface area contributed by atoms with Crippen molar-refractivity contribution in [3.63, 3.8) is 0 Å². The number of likely N-dealkylation sites (tertiary alicyclic amines) is 1. The van der Waals surface area contributed by atoms with E-state index in [1.165, 1.54) is 10.2 Å². The number of aryl methyl sites for hydroxylation is 1. The molecular formula is C39H58HfN4O4. The quantitative estimate of drug-likeness (QED) is 0.236. The Morgan fingerprint density at radius 3 is 2.00 bits per heavy atom. The van der Waals surface area contributed by atoms with Crippen LogP contribution >= 0.6 is 0 Å². The molecule has 0 saturated carbocycles. The standard InChI is InChI=1S/C33H46N4O2.2C3H7O.Hf/c1-9-28(29-22(2)35-37(31(29)39)25-14-11-10-12-15-25)34-20-26-16-13-17-36(26)21-23-18-24(32(3,4)5)19-27(30(23)38)33(6,7)8;2*1-3(2)4;/h10-12,14-15,18-19,26,38-39H,9,13,16-17,20-21H2,1-8H3;2*3H,1-2H3;/q;2*-1;+4/p-2/t26-;;;/m0.../s1. The van der Waals surface area contributed by atoms with Crippen molar-refractivity contribution in [1.29, 1.82) is 0 Å². The number of para-hydroxylation sites is 1. The molecule has 1 aliphatic heterocycles. The van der Waals surface area contributed by atoms with E-state index >= 15 is 0 Å². The van der Waals surface area contributed by atoms with Crippen molar-refractivity contribution in [3.8, 4) is 17.3 Å². The Morgan fingerprint density at radius 2 is 1.50 bits per heavy atom. The summed E-state index contributed by atoms with van der Waals surface area (Å²) >= 11 is 0. The van der Waals surface area contributed by atoms with Gasteiger partial charge < -0.3 is 20.4 Å². The molecule has 1 saturated heterocycles. The van der Waals surface area contributed by atoms with Gasteiger partial charge in [0.2, 0.25) is 0 Å². The Kier molecular flexibility index (Phi) is 17.4. The maximum atomic E-state index is 13.6. The third-order valence-electron chi connectivity index (χ3n) is 7.85. The molecule has 1 aromatic heterocycles. The molecule has 2 aromatic carbocycles. The van der Waals surface area contributed by atoms with Crippen LogP contribution < -0.4 is 20.4 Å². The molecule has 262 valence electrons. The largest absolute Gasteiger partial charge is 4.00 e. The van der Waals surface area contributed by atoms with Gasteiger partial charge in [-0.15, -0.1) is 18.0 Å². The Balaban J connectivity index is 0.00000115. The maximum absolute atomic E-state index is 13.6. The minimum Gasteiger partial charge on any atom is -0.872 e. The van der Waals surface area contributed by atoms with Crippen molar-refractivity contribution in [1.82, 2.24) is 14.7 Å². The monoisotopic (exact) mass is 826 g/mol. The van der Waals surface area contributed by atoms with Crippen LogP contribution in [0.5, 0.6) is 11.6 Å². The summed E-state index contributed by atoms with van der Waals surface area (Å²) < 4.78 is 1.47. The van der Waals surface area contributed by atoms with Crippen LogP contribution in [0.25, 0.3) is 5.69 Å². The first-order valence-corrected chi connectivity index (χ1v) is 17.0. The van der Waals surface area contributed by atoms with E-state index < -0.39 is 12.2 Å². The SMILES string of the molecule is CC(C)[O-].CC(C)[O-].CCC(=NC[C@@H]1CCCN1Cc1cc(C(C)(C)C)cc(C(C)(C)C)c1[O-])c1c(C)nn(-c2ccccc2)c1[O-].[Hf+4]. The molecule has 0 bridgehead atoms. The van der Waals surface area contributed by atoms with E-state index in [4.69, 9.17) is 4.99 Å². The molecule has 0 unspecified atom stereocenters. The second kappa shape index (κ2) is 19.2. The van der Waals surface area contributed by atoms with Crippen LogP contribution in [0, 0.1) is 6.92 Å². The van der Waals surface area contributed by atoms with Crippen molar-refractivity contribution in [2.24, 2.45) is 4.99 Å². The summed E-state index contributed by atoms with van der Waals surface area (Å²) in [6.07, 6.45) is 1.95. The fourth-order valence-electron chi connectivity index (χ4n) is 5.49. The predicted octanol–water partition coefficient (Wildman–Crippen LogP) is 5.29. The van der Waals surface area contributed by atoms with E-state index in [0.717, 1.165) is 41.9 Å². The van der Waals surface area contributed by atoms with Crippen LogP contribution in [0.1, 0.15) is 123 Å². The van der Waals surface area contributed by atoms with Crippen molar-refractivity contribution in [2.75, 3.05) is 13.1 Å². The van der Waals surface area contributed by atoms with Crippen molar-refractivity contribution < 1.29 is 46.3 Å². The Morgan fingerprint density at radius 1 is 0.938 bits per heavy atom. The third kappa shape index (κ3) is 12.8. The van der Waals surface area contributed by atoms with Crippen LogP contribution in [0.2, 0.25) is 0 Å². The van der Waals surface area contributed by atoms with E-state index in [1.807, 2.05) is 44.2 Å². The van der Waals surface area contributed by atoms with E-state index in [-0.39, 0.29) is 54.3 Å². The number of benzene rings is 2. The molecule has 0 radical (unpaired) electrons. The minimum absolute atomic E-state index is 0. The van der Waals surface area contributed by atoms with E-state index in [1.54, 1.807) is 27.7 Å². The summed E-state index contributed by atoms with van der Waals surface area (Å²) in [6.45, 7) is 25.5. The van der Waals surface area contributed by atoms with Gasteiger partial charge in [0, 0.05) is 29.7 Å². The van der Waals surface area contributed by atoms with E-state index in [2.05, 4.69) is 63.7 Å². The summed E-state index contributed by atoms with van der Waals surface area (Å²) in [4.78, 5) is 7.40. The number of aliphatic imine (C=N–C) groups is 1. The molecule has 4 rings (SSSR count). The first-order valence-electron chi connectivity index (χ1n) is 17.0. The zero-order valence-electron chi connectivity index (χ0n) is 31.4. The predicted molar refractivity (Wildman–Crippen MR) is 186 cm³/mol. The zero-order chi connectivity index (χ0) is 35.7. The fourth-order valence-corrected chi connectivity index (χ4v) is 5.49. The Bertz CT molecular complexity index is 1430. The van der Waals surface area contributed by atoms with Crippen LogP contribution in [0.15, 0.2) is 47.5 Å². The topological polar surface area (TPSA) is 126 Å². The first kappa shape index (κ1) is 43.7. The van der Waals surface area contributed by atoms with Crippen LogP contribution in [0.4, 0.5) is 0 Å². The average Bonchev–Trinajstić information content (AvgIpc) is 3.52. The third-order valence-corrected chi connectivity index (χ3v) is 7.85. The van der Waals surface area contributed by atoms with E-state index in [0.29, 0.717) is 30.8 Å². The number of rotatable bonds is 7. The molecule has 0 spiro atoms. The van der Waals surface area contributed by atoms with Gasteiger partial charge in [0.05, 0.1) is 17.9 Å². The molecule has 0 aliphatic carbocycles. The average molecular weight is 825 g/mol. The summed E-state index contributed by atoms with van der Waals surface area (Å²) in [5.41, 5.74) is 5.61. The molecule has 1 aliphatic rings. The van der Waals surface area contributed by atoms with E-state index in [9.17, 15) is 20.4 Å². The van der Waals surface area contributed by atoms with Crippen molar-refractivity contribution in [2.45, 2.75) is 138 Å². The molecule has 0 amide bonds. The van der Waals surface area contributed by atoms with Crippen LogP contribution in [-0.4, -0.2) is 51.7 Å². The van der Waals surface area contributed by atoms with Gasteiger partial charge >= 0.3 is 25.8 Å². The maximum Gasteiger partial charge on any atom is 4.00 e. The van der Waals surface area contributed by atoms with Gasteiger partial charge in [0.1, 0.15) is 0 Å². The smallest absolute Gasteiger partial charge is 0.872 e. The Labute approximate surface area is 309 Å². The minimum atomic E-state index is -0.417. The first-order chi connectivity index (χ1) is 21.8. The second-order valence-corrected chi connectivity index (χ2v) is 15.0. The van der Waals surface area contributed by atoms with Crippen molar-refractivity contribution in [3.05, 3.63) is 70.4 Å². The summed E-state index contributed by atoms with van der Waals surface area (Å²) in [5, 5.41) is 50.5. The van der Waals surface area contributed by atoms with Crippen LogP contribution in [0.3, 0.4) is 0 Å². The molecule has 3 aromatic rings. The molecule has 8 nitrogen and oxygen atoms in total. The van der Waals surface area contributed by atoms with Gasteiger partial charge in [0.25, 0.3) is 0 Å². The van der Waals surface area contributed by atoms with Gasteiger partial charge in [-0.05, 0) is 72.4 Å².